The van der Waals surface area contributed by atoms with Gasteiger partial charge >= 0.3 is 0 Å². The van der Waals surface area contributed by atoms with Crippen LogP contribution in [0, 0.1) is 6.92 Å². The zero-order valence-corrected chi connectivity index (χ0v) is 11.6. The fraction of sp³-hybridized carbons (Fsp3) is 0.357. The molecule has 0 spiro atoms. The van der Waals surface area contributed by atoms with Crippen LogP contribution in [0.25, 0.3) is 0 Å². The van der Waals surface area contributed by atoms with Crippen LogP contribution in [0.4, 0.5) is 0 Å². The Morgan fingerprint density at radius 3 is 2.78 bits per heavy atom. The molecule has 0 radical (unpaired) electrons. The average Bonchev–Trinajstić information content (AvgIpc) is 2.84. The standard InChI is InChI=1S/C14H18N2OS/c1-3-15-8-12-10-18-14(16-12)9-17-13-6-4-11(2)5-7-13/h4-7,10,15H,3,8-9H2,1-2H3. The van der Waals surface area contributed by atoms with Crippen LogP contribution in [0.15, 0.2) is 29.6 Å². The van der Waals surface area contributed by atoms with Crippen LogP contribution in [0.2, 0.25) is 0 Å². The summed E-state index contributed by atoms with van der Waals surface area (Å²) in [6.07, 6.45) is 0. The Hall–Kier alpha value is -1.39. The van der Waals surface area contributed by atoms with Crippen LogP contribution in [0.1, 0.15) is 23.2 Å². The molecule has 0 saturated heterocycles. The molecule has 1 aromatic carbocycles. The van der Waals surface area contributed by atoms with E-state index in [2.05, 4.69) is 29.5 Å². The van der Waals surface area contributed by atoms with Crippen LogP contribution in [-0.4, -0.2) is 11.5 Å². The average molecular weight is 262 g/mol. The molecule has 3 nitrogen and oxygen atoms in total. The molecule has 0 aliphatic carbocycles. The summed E-state index contributed by atoms with van der Waals surface area (Å²) in [5.74, 6) is 0.893. The smallest absolute Gasteiger partial charge is 0.140 e. The third-order valence-electron chi connectivity index (χ3n) is 2.54. The molecule has 4 heteroatoms. The fourth-order valence-corrected chi connectivity index (χ4v) is 2.23. The summed E-state index contributed by atoms with van der Waals surface area (Å²) in [5, 5.41) is 6.36. The van der Waals surface area contributed by atoms with Gasteiger partial charge in [-0.25, -0.2) is 4.98 Å². The van der Waals surface area contributed by atoms with Gasteiger partial charge in [0.25, 0.3) is 0 Å². The largest absolute Gasteiger partial charge is 0.486 e. The molecule has 2 aromatic rings. The van der Waals surface area contributed by atoms with E-state index in [1.165, 1.54) is 5.56 Å². The number of rotatable bonds is 6. The summed E-state index contributed by atoms with van der Waals surface area (Å²) >= 11 is 1.65. The Kier molecular flexibility index (Phi) is 4.73. The molecule has 1 heterocycles. The van der Waals surface area contributed by atoms with Gasteiger partial charge in [0, 0.05) is 11.9 Å². The van der Waals surface area contributed by atoms with E-state index in [0.29, 0.717) is 6.61 Å². The first kappa shape index (κ1) is 13.1. The lowest BCUT2D eigenvalue weighted by molar-refractivity contribution is 0.305. The maximum absolute atomic E-state index is 5.69. The van der Waals surface area contributed by atoms with Crippen LogP contribution in [-0.2, 0) is 13.2 Å². The number of benzene rings is 1. The number of hydrogen-bond acceptors (Lipinski definition) is 4. The second kappa shape index (κ2) is 6.52. The number of nitrogens with one attached hydrogen (secondary N) is 1. The van der Waals surface area contributed by atoms with Crippen molar-refractivity contribution < 1.29 is 4.74 Å². The van der Waals surface area contributed by atoms with Gasteiger partial charge in [-0.05, 0) is 25.6 Å². The summed E-state index contributed by atoms with van der Waals surface area (Å²) in [6, 6.07) is 8.08. The maximum Gasteiger partial charge on any atom is 0.140 e. The molecule has 0 aliphatic rings. The number of aryl methyl sites for hydroxylation is 1. The molecule has 0 amide bonds. The SMILES string of the molecule is CCNCc1csc(COc2ccc(C)cc2)n1. The predicted molar refractivity (Wildman–Crippen MR) is 75.0 cm³/mol. The Balaban J connectivity index is 1.86. The van der Waals surface area contributed by atoms with Gasteiger partial charge in [-0.1, -0.05) is 24.6 Å². The van der Waals surface area contributed by atoms with Gasteiger partial charge in [0.2, 0.25) is 0 Å². The Morgan fingerprint density at radius 2 is 2.06 bits per heavy atom. The zero-order valence-electron chi connectivity index (χ0n) is 10.8. The van der Waals surface area contributed by atoms with E-state index in [9.17, 15) is 0 Å². The van der Waals surface area contributed by atoms with Gasteiger partial charge in [-0.15, -0.1) is 11.3 Å². The van der Waals surface area contributed by atoms with Gasteiger partial charge in [0.1, 0.15) is 17.4 Å². The normalized spacial score (nSPS) is 10.6. The quantitative estimate of drug-likeness (QED) is 0.868. The minimum atomic E-state index is 0.542. The van der Waals surface area contributed by atoms with Crippen molar-refractivity contribution in [3.05, 3.63) is 45.9 Å². The highest BCUT2D eigenvalue weighted by Crippen LogP contribution is 2.16. The lowest BCUT2D eigenvalue weighted by Gasteiger charge is -2.03. The van der Waals surface area contributed by atoms with Crippen LogP contribution < -0.4 is 10.1 Å². The summed E-state index contributed by atoms with van der Waals surface area (Å²) in [7, 11) is 0. The van der Waals surface area contributed by atoms with Gasteiger partial charge in [-0.3, -0.25) is 0 Å². The Labute approximate surface area is 112 Å². The topological polar surface area (TPSA) is 34.1 Å². The number of aromatic nitrogens is 1. The molecule has 1 aromatic heterocycles. The van der Waals surface area contributed by atoms with E-state index in [1.807, 2.05) is 24.3 Å². The second-order valence-corrected chi connectivity index (χ2v) is 5.06. The van der Waals surface area contributed by atoms with Crippen molar-refractivity contribution in [3.8, 4) is 5.75 Å². The van der Waals surface area contributed by atoms with Gasteiger partial charge < -0.3 is 10.1 Å². The Morgan fingerprint density at radius 1 is 1.28 bits per heavy atom. The van der Waals surface area contributed by atoms with Gasteiger partial charge in [0.15, 0.2) is 0 Å². The van der Waals surface area contributed by atoms with E-state index in [0.717, 1.165) is 29.5 Å². The van der Waals surface area contributed by atoms with Gasteiger partial charge in [-0.2, -0.15) is 0 Å². The monoisotopic (exact) mass is 262 g/mol. The number of hydrogen-bond donors (Lipinski definition) is 1. The molecular formula is C14H18N2OS. The highest BCUT2D eigenvalue weighted by Gasteiger charge is 2.02. The number of thiazole rings is 1. The Bertz CT molecular complexity index is 479. The molecule has 0 bridgehead atoms. The van der Waals surface area contributed by atoms with Gasteiger partial charge in [0.05, 0.1) is 5.69 Å². The van der Waals surface area contributed by atoms with Crippen LogP contribution in [0.3, 0.4) is 0 Å². The van der Waals surface area contributed by atoms with Crippen LogP contribution >= 0.6 is 11.3 Å². The van der Waals surface area contributed by atoms with E-state index in [1.54, 1.807) is 11.3 Å². The second-order valence-electron chi connectivity index (χ2n) is 4.11. The summed E-state index contributed by atoms with van der Waals surface area (Å²) in [4.78, 5) is 4.51. The fourth-order valence-electron chi connectivity index (χ4n) is 1.53. The molecule has 0 fully saturated rings. The maximum atomic E-state index is 5.69. The molecule has 0 unspecified atom stereocenters. The van der Waals surface area contributed by atoms with E-state index >= 15 is 0 Å². The van der Waals surface area contributed by atoms with Crippen molar-refractivity contribution in [1.82, 2.24) is 10.3 Å². The molecule has 96 valence electrons. The number of ether oxygens (including phenoxy) is 1. The molecule has 18 heavy (non-hydrogen) atoms. The van der Waals surface area contributed by atoms with Crippen molar-refractivity contribution in [1.29, 1.82) is 0 Å². The highest BCUT2D eigenvalue weighted by molar-refractivity contribution is 7.09. The first-order valence-corrected chi connectivity index (χ1v) is 6.99. The van der Waals surface area contributed by atoms with Crippen LogP contribution in [0.5, 0.6) is 5.75 Å². The van der Waals surface area contributed by atoms with Crippen molar-refractivity contribution in [3.63, 3.8) is 0 Å². The molecule has 0 atom stereocenters. The van der Waals surface area contributed by atoms with E-state index in [-0.39, 0.29) is 0 Å². The summed E-state index contributed by atoms with van der Waals surface area (Å²) < 4.78 is 5.69. The zero-order chi connectivity index (χ0) is 12.8. The minimum Gasteiger partial charge on any atom is -0.486 e. The summed E-state index contributed by atoms with van der Waals surface area (Å²) in [5.41, 5.74) is 2.33. The number of nitrogens with zero attached hydrogens (tertiary/aromatic N) is 1. The predicted octanol–water partition coefficient (Wildman–Crippen LogP) is 3.14. The molecule has 0 saturated carbocycles. The highest BCUT2D eigenvalue weighted by atomic mass is 32.1. The third kappa shape index (κ3) is 3.82. The first-order chi connectivity index (χ1) is 8.78. The van der Waals surface area contributed by atoms with E-state index < -0.39 is 0 Å². The van der Waals surface area contributed by atoms with Crippen molar-refractivity contribution in [2.45, 2.75) is 27.0 Å². The van der Waals surface area contributed by atoms with Crippen molar-refractivity contribution in [2.75, 3.05) is 6.54 Å². The van der Waals surface area contributed by atoms with E-state index in [4.69, 9.17) is 4.74 Å². The first-order valence-electron chi connectivity index (χ1n) is 6.11. The summed E-state index contributed by atoms with van der Waals surface area (Å²) in [6.45, 7) is 6.50. The molecular weight excluding hydrogens is 244 g/mol. The molecule has 1 N–H and O–H groups in total. The minimum absolute atomic E-state index is 0.542. The molecule has 0 aliphatic heterocycles. The van der Waals surface area contributed by atoms with Crippen molar-refractivity contribution >= 4 is 11.3 Å². The third-order valence-corrected chi connectivity index (χ3v) is 3.41. The molecule has 2 rings (SSSR count). The lowest BCUT2D eigenvalue weighted by Crippen LogP contribution is -2.12. The van der Waals surface area contributed by atoms with Crippen molar-refractivity contribution in [2.24, 2.45) is 0 Å². The lowest BCUT2D eigenvalue weighted by atomic mass is 10.2.